The van der Waals surface area contributed by atoms with E-state index in [2.05, 4.69) is 17.2 Å². The van der Waals surface area contributed by atoms with Gasteiger partial charge < -0.3 is 14.6 Å². The van der Waals surface area contributed by atoms with E-state index in [0.29, 0.717) is 6.61 Å². The third-order valence-electron chi connectivity index (χ3n) is 2.46. The van der Waals surface area contributed by atoms with E-state index in [4.69, 9.17) is 4.74 Å². The summed E-state index contributed by atoms with van der Waals surface area (Å²) in [6.45, 7) is 7.84. The molecule has 1 aromatic heterocycles. The molecule has 1 unspecified atom stereocenters. The van der Waals surface area contributed by atoms with Crippen molar-refractivity contribution in [1.82, 2.24) is 14.9 Å². The fraction of sp³-hybridized carbons (Fsp3) is 0.667. The van der Waals surface area contributed by atoms with E-state index in [9.17, 15) is 4.79 Å². The number of esters is 1. The smallest absolute Gasteiger partial charge is 0.328 e. The van der Waals surface area contributed by atoms with Gasteiger partial charge in [0.1, 0.15) is 6.04 Å². The fourth-order valence-corrected chi connectivity index (χ4v) is 1.46. The second-order valence-corrected chi connectivity index (χ2v) is 3.92. The van der Waals surface area contributed by atoms with Crippen molar-refractivity contribution in [3.05, 3.63) is 18.2 Å². The molecular weight excluding hydrogens is 218 g/mol. The van der Waals surface area contributed by atoms with Crippen LogP contribution in [0.25, 0.3) is 0 Å². The zero-order valence-electron chi connectivity index (χ0n) is 10.8. The number of hydrogen-bond donors (Lipinski definition) is 1. The molecule has 1 atom stereocenters. The zero-order valence-corrected chi connectivity index (χ0v) is 10.8. The van der Waals surface area contributed by atoms with Gasteiger partial charge in [-0.05, 0) is 26.8 Å². The van der Waals surface area contributed by atoms with Gasteiger partial charge in [-0.25, -0.2) is 9.78 Å². The molecule has 0 aromatic carbocycles. The highest BCUT2D eigenvalue weighted by atomic mass is 16.5. The lowest BCUT2D eigenvalue weighted by Crippen LogP contribution is -2.18. The molecule has 0 spiro atoms. The summed E-state index contributed by atoms with van der Waals surface area (Å²) in [5.41, 5.74) is 0.939. The number of hydrogen-bond acceptors (Lipinski definition) is 4. The molecule has 0 aliphatic carbocycles. The summed E-state index contributed by atoms with van der Waals surface area (Å²) in [5.74, 6) is -0.224. The van der Waals surface area contributed by atoms with Crippen LogP contribution in [0.1, 0.15) is 38.9 Å². The number of carbonyl (C=O) groups is 1. The molecule has 0 aliphatic heterocycles. The van der Waals surface area contributed by atoms with Crippen LogP contribution in [0.3, 0.4) is 0 Å². The number of imidazole rings is 1. The number of nitrogens with zero attached hydrogens (tertiary/aromatic N) is 2. The van der Waals surface area contributed by atoms with Crippen molar-refractivity contribution in [2.75, 3.05) is 13.2 Å². The van der Waals surface area contributed by atoms with E-state index in [-0.39, 0.29) is 12.0 Å². The Morgan fingerprint density at radius 1 is 1.59 bits per heavy atom. The maximum absolute atomic E-state index is 11.5. The van der Waals surface area contributed by atoms with Gasteiger partial charge in [-0.2, -0.15) is 0 Å². The van der Waals surface area contributed by atoms with Crippen molar-refractivity contribution in [2.24, 2.45) is 0 Å². The minimum atomic E-state index is -0.317. The summed E-state index contributed by atoms with van der Waals surface area (Å²) in [4.78, 5) is 15.8. The highest BCUT2D eigenvalue weighted by Gasteiger charge is 2.15. The zero-order chi connectivity index (χ0) is 12.7. The molecule has 0 aliphatic rings. The van der Waals surface area contributed by atoms with Crippen LogP contribution in [0.2, 0.25) is 0 Å². The van der Waals surface area contributed by atoms with Gasteiger partial charge in [-0.15, -0.1) is 0 Å². The van der Waals surface area contributed by atoms with Crippen LogP contribution in [-0.2, 0) is 16.1 Å². The first-order valence-corrected chi connectivity index (χ1v) is 6.08. The average molecular weight is 239 g/mol. The summed E-state index contributed by atoms with van der Waals surface area (Å²) in [7, 11) is 0. The second kappa shape index (κ2) is 7.06. The standard InChI is InChI=1S/C12H21N3O2/c1-4-6-13-7-11-8-15(9-14-11)10(3)12(16)17-5-2/h8-10,13H,4-7H2,1-3H3. The van der Waals surface area contributed by atoms with Crippen molar-refractivity contribution < 1.29 is 9.53 Å². The van der Waals surface area contributed by atoms with E-state index in [0.717, 1.165) is 25.2 Å². The lowest BCUT2D eigenvalue weighted by molar-refractivity contribution is -0.146. The highest BCUT2D eigenvalue weighted by molar-refractivity contribution is 5.73. The van der Waals surface area contributed by atoms with E-state index in [1.54, 1.807) is 17.8 Å². The molecule has 0 saturated carbocycles. The number of carbonyl (C=O) groups excluding carboxylic acids is 1. The van der Waals surface area contributed by atoms with Crippen LogP contribution in [0.4, 0.5) is 0 Å². The first-order chi connectivity index (χ1) is 8.19. The molecule has 0 amide bonds. The topological polar surface area (TPSA) is 56.2 Å². The average Bonchev–Trinajstić information content (AvgIpc) is 2.77. The van der Waals surface area contributed by atoms with Crippen molar-refractivity contribution >= 4 is 5.97 Å². The molecule has 1 rings (SSSR count). The van der Waals surface area contributed by atoms with Gasteiger partial charge in [0, 0.05) is 12.7 Å². The first kappa shape index (κ1) is 13.7. The van der Waals surface area contributed by atoms with Crippen molar-refractivity contribution in [2.45, 2.75) is 39.8 Å². The molecule has 5 heteroatoms. The Bertz CT molecular complexity index is 349. The summed E-state index contributed by atoms with van der Waals surface area (Å²) >= 11 is 0. The first-order valence-electron chi connectivity index (χ1n) is 6.08. The number of rotatable bonds is 7. The monoisotopic (exact) mass is 239 g/mol. The van der Waals surface area contributed by atoms with Crippen LogP contribution in [-0.4, -0.2) is 28.7 Å². The third kappa shape index (κ3) is 4.19. The van der Waals surface area contributed by atoms with Crippen molar-refractivity contribution in [3.63, 3.8) is 0 Å². The van der Waals surface area contributed by atoms with E-state index in [1.165, 1.54) is 0 Å². The van der Waals surface area contributed by atoms with Gasteiger partial charge in [0.05, 0.1) is 18.6 Å². The number of nitrogens with one attached hydrogen (secondary N) is 1. The lowest BCUT2D eigenvalue weighted by Gasteiger charge is -2.10. The van der Waals surface area contributed by atoms with Crippen LogP contribution in [0, 0.1) is 0 Å². The molecule has 1 N–H and O–H groups in total. The van der Waals surface area contributed by atoms with E-state index >= 15 is 0 Å². The summed E-state index contributed by atoms with van der Waals surface area (Å²) < 4.78 is 6.74. The lowest BCUT2D eigenvalue weighted by atomic mass is 10.3. The molecule has 1 heterocycles. The normalized spacial score (nSPS) is 12.4. The Kier molecular flexibility index (Phi) is 5.69. The van der Waals surface area contributed by atoms with Gasteiger partial charge in [-0.3, -0.25) is 0 Å². The van der Waals surface area contributed by atoms with Crippen LogP contribution in [0.5, 0.6) is 0 Å². The Hall–Kier alpha value is -1.36. The summed E-state index contributed by atoms with van der Waals surface area (Å²) in [6, 6.07) is -0.317. The Morgan fingerprint density at radius 2 is 2.35 bits per heavy atom. The molecule has 1 aromatic rings. The molecule has 0 radical (unpaired) electrons. The summed E-state index contributed by atoms with van der Waals surface area (Å²) in [6.07, 6.45) is 4.65. The molecule has 96 valence electrons. The van der Waals surface area contributed by atoms with Crippen molar-refractivity contribution in [1.29, 1.82) is 0 Å². The number of aromatic nitrogens is 2. The van der Waals surface area contributed by atoms with Crippen LogP contribution >= 0.6 is 0 Å². The van der Waals surface area contributed by atoms with Gasteiger partial charge in [-0.1, -0.05) is 6.92 Å². The predicted molar refractivity (Wildman–Crippen MR) is 65.6 cm³/mol. The maximum Gasteiger partial charge on any atom is 0.328 e. The van der Waals surface area contributed by atoms with Gasteiger partial charge in [0.25, 0.3) is 0 Å². The number of ether oxygens (including phenoxy) is 1. The Morgan fingerprint density at radius 3 is 3.00 bits per heavy atom. The fourth-order valence-electron chi connectivity index (χ4n) is 1.46. The third-order valence-corrected chi connectivity index (χ3v) is 2.46. The van der Waals surface area contributed by atoms with E-state index in [1.807, 2.05) is 13.1 Å². The van der Waals surface area contributed by atoms with Crippen LogP contribution in [0.15, 0.2) is 12.5 Å². The quantitative estimate of drug-likeness (QED) is 0.579. The minimum Gasteiger partial charge on any atom is -0.464 e. The SMILES string of the molecule is CCCNCc1cn(C(C)C(=O)OCC)cn1. The maximum atomic E-state index is 11.5. The largest absolute Gasteiger partial charge is 0.464 e. The Balaban J connectivity index is 2.51. The highest BCUT2D eigenvalue weighted by Crippen LogP contribution is 2.09. The van der Waals surface area contributed by atoms with Gasteiger partial charge in [0.15, 0.2) is 0 Å². The van der Waals surface area contributed by atoms with Crippen molar-refractivity contribution in [3.8, 4) is 0 Å². The molecule has 0 bridgehead atoms. The predicted octanol–water partition coefficient (Wildman–Crippen LogP) is 1.51. The van der Waals surface area contributed by atoms with Gasteiger partial charge in [0.2, 0.25) is 0 Å². The van der Waals surface area contributed by atoms with Gasteiger partial charge >= 0.3 is 5.97 Å². The molecule has 5 nitrogen and oxygen atoms in total. The van der Waals surface area contributed by atoms with Crippen LogP contribution < -0.4 is 5.32 Å². The summed E-state index contributed by atoms with van der Waals surface area (Å²) in [5, 5.41) is 3.27. The molecule has 17 heavy (non-hydrogen) atoms. The second-order valence-electron chi connectivity index (χ2n) is 3.92. The molecular formula is C12H21N3O2. The Labute approximate surface area is 102 Å². The molecule has 0 saturated heterocycles. The minimum absolute atomic E-state index is 0.224. The van der Waals surface area contributed by atoms with E-state index < -0.39 is 0 Å². The molecule has 0 fully saturated rings.